The fraction of sp³-hybridized carbons (Fsp3) is 1.00. The Hall–Kier alpha value is 1.31. The van der Waals surface area contributed by atoms with Crippen molar-refractivity contribution in [1.29, 1.82) is 0 Å². The molecule has 2 aliphatic rings. The highest BCUT2D eigenvalue weighted by Crippen LogP contribution is 2.71. The Morgan fingerprint density at radius 2 is 2.21 bits per heavy atom. The van der Waals surface area contributed by atoms with Crippen LogP contribution in [0.2, 0.25) is 0 Å². The molecule has 2 saturated carbocycles. The summed E-state index contributed by atoms with van der Waals surface area (Å²) >= 11 is 10.0. The van der Waals surface area contributed by atoms with Crippen molar-refractivity contribution in [2.45, 2.75) is 53.4 Å². The molecule has 0 aromatic rings. The molecule has 2 unspecified atom stereocenters. The summed E-state index contributed by atoms with van der Waals surface area (Å²) in [5.41, 5.74) is 0. The number of unbranched alkanes of at least 4 members (excludes halogenated alkanes) is 1. The molecule has 0 spiro atoms. The van der Waals surface area contributed by atoms with Crippen molar-refractivity contribution in [3.8, 4) is 0 Å². The third-order valence-corrected chi connectivity index (χ3v) is 8.16. The molecule has 0 aliphatic heterocycles. The van der Waals surface area contributed by atoms with E-state index in [4.69, 9.17) is 0 Å². The number of hydrogen-bond acceptors (Lipinski definition) is 1. The van der Waals surface area contributed by atoms with Crippen molar-refractivity contribution in [2.75, 3.05) is 5.75 Å². The topological polar surface area (TPSA) is 0 Å². The summed E-state index contributed by atoms with van der Waals surface area (Å²) in [7, 11) is 0. The lowest BCUT2D eigenvalue weighted by molar-refractivity contribution is 0.502. The van der Waals surface area contributed by atoms with E-state index in [1.54, 1.807) is 0 Å². The van der Waals surface area contributed by atoms with Crippen molar-refractivity contribution < 1.29 is 0 Å². The summed E-state index contributed by atoms with van der Waals surface area (Å²) in [6, 6.07) is 0. The van der Waals surface area contributed by atoms with Gasteiger partial charge >= 0.3 is 0 Å². The number of alkyl halides is 2. The van der Waals surface area contributed by atoms with E-state index in [1.165, 1.54) is 44.3 Å². The molecule has 3 heteroatoms. The van der Waals surface area contributed by atoms with Gasteiger partial charge in [-0.25, -0.2) is 0 Å². The van der Waals surface area contributed by atoms with Gasteiger partial charge in [0.05, 0.1) is 3.23 Å². The lowest BCUT2D eigenvalue weighted by Gasteiger charge is -2.35. The summed E-state index contributed by atoms with van der Waals surface area (Å²) in [5.74, 6) is 2.32. The average Bonchev–Trinajstić information content (AvgIpc) is 2.81. The van der Waals surface area contributed by atoms with E-state index in [-0.39, 0.29) is 3.23 Å². The zero-order valence-electron chi connectivity index (χ0n) is 8.69. The molecule has 0 aromatic carbocycles. The Labute approximate surface area is 108 Å². The highest BCUT2D eigenvalue weighted by atomic mass is 79.9. The van der Waals surface area contributed by atoms with Gasteiger partial charge in [-0.05, 0) is 37.4 Å². The molecule has 2 rings (SSSR count). The third kappa shape index (κ3) is 1.93. The van der Waals surface area contributed by atoms with E-state index in [1.807, 2.05) is 0 Å². The van der Waals surface area contributed by atoms with Crippen LogP contribution in [0.1, 0.15) is 45.4 Å². The first-order chi connectivity index (χ1) is 6.62. The Morgan fingerprint density at radius 3 is 2.86 bits per heavy atom. The quantitative estimate of drug-likeness (QED) is 0.515. The number of hydrogen-bond donors (Lipinski definition) is 0. The van der Waals surface area contributed by atoms with Gasteiger partial charge in [0.1, 0.15) is 0 Å². The van der Waals surface area contributed by atoms with Crippen molar-refractivity contribution >= 4 is 43.6 Å². The fourth-order valence-electron chi connectivity index (χ4n) is 2.55. The van der Waals surface area contributed by atoms with Crippen LogP contribution >= 0.6 is 43.6 Å². The van der Waals surface area contributed by atoms with Crippen LogP contribution in [0.25, 0.3) is 0 Å². The molecule has 0 heterocycles. The summed E-state index contributed by atoms with van der Waals surface area (Å²) in [4.78, 5) is 0. The predicted octanol–water partition coefficient (Wildman–Crippen LogP) is 4.95. The summed E-state index contributed by atoms with van der Waals surface area (Å²) in [6.07, 6.45) is 8.26. The van der Waals surface area contributed by atoms with Crippen molar-refractivity contribution in [3.05, 3.63) is 0 Å². The molecule has 14 heavy (non-hydrogen) atoms. The standard InChI is InChI=1S/C11H18Br2S/c1-2-3-7-14-10-8-9(10)5-4-6-11(10,12)13/h9H,2-8H2,1H3. The van der Waals surface area contributed by atoms with E-state index in [0.717, 1.165) is 5.92 Å². The van der Waals surface area contributed by atoms with E-state index in [9.17, 15) is 0 Å². The van der Waals surface area contributed by atoms with Gasteiger partial charge in [0, 0.05) is 4.75 Å². The van der Waals surface area contributed by atoms with E-state index in [0.29, 0.717) is 4.75 Å². The average molecular weight is 342 g/mol. The van der Waals surface area contributed by atoms with Crippen LogP contribution in [0.3, 0.4) is 0 Å². The van der Waals surface area contributed by atoms with Gasteiger partial charge in [-0.2, -0.15) is 11.8 Å². The lowest BCUT2D eigenvalue weighted by atomic mass is 10.00. The second-order valence-corrected chi connectivity index (χ2v) is 9.79. The monoisotopic (exact) mass is 340 g/mol. The molecule has 0 bridgehead atoms. The van der Waals surface area contributed by atoms with Crippen molar-refractivity contribution in [1.82, 2.24) is 0 Å². The first-order valence-corrected chi connectivity index (χ1v) is 8.21. The van der Waals surface area contributed by atoms with E-state index < -0.39 is 0 Å². The van der Waals surface area contributed by atoms with Crippen molar-refractivity contribution in [2.24, 2.45) is 5.92 Å². The minimum atomic E-state index is 0.244. The van der Waals surface area contributed by atoms with Crippen LogP contribution in [-0.4, -0.2) is 13.7 Å². The van der Waals surface area contributed by atoms with Crippen LogP contribution in [0.4, 0.5) is 0 Å². The largest absolute Gasteiger partial charge is 0.152 e. The maximum absolute atomic E-state index is 3.90. The smallest absolute Gasteiger partial charge is 0.0954 e. The molecule has 2 atom stereocenters. The zero-order valence-corrected chi connectivity index (χ0v) is 12.7. The van der Waals surface area contributed by atoms with Crippen LogP contribution in [-0.2, 0) is 0 Å². The Balaban J connectivity index is 1.94. The van der Waals surface area contributed by atoms with Crippen LogP contribution in [0, 0.1) is 5.92 Å². The molecule has 2 aliphatic carbocycles. The SMILES string of the molecule is CCCCSC12CC1CCCC2(Br)Br. The number of halogens is 2. The first-order valence-electron chi connectivity index (χ1n) is 5.64. The molecule has 0 amide bonds. The summed E-state index contributed by atoms with van der Waals surface area (Å²) in [6.45, 7) is 2.28. The maximum Gasteiger partial charge on any atom is 0.0954 e. The summed E-state index contributed by atoms with van der Waals surface area (Å²) < 4.78 is 0.786. The highest BCUT2D eigenvalue weighted by Gasteiger charge is 2.66. The molecule has 2 fully saturated rings. The maximum atomic E-state index is 3.90. The van der Waals surface area contributed by atoms with Crippen LogP contribution in [0.15, 0.2) is 0 Å². The number of thioether (sulfide) groups is 1. The molecular weight excluding hydrogens is 324 g/mol. The Bertz CT molecular complexity index is 217. The normalized spacial score (nSPS) is 39.2. The second-order valence-electron chi connectivity index (χ2n) is 4.59. The molecule has 0 radical (unpaired) electrons. The van der Waals surface area contributed by atoms with Gasteiger partial charge < -0.3 is 0 Å². The number of fused-ring (bicyclic) bond motifs is 1. The minimum Gasteiger partial charge on any atom is -0.152 e. The molecule has 0 saturated heterocycles. The predicted molar refractivity (Wildman–Crippen MR) is 72.6 cm³/mol. The highest BCUT2D eigenvalue weighted by molar-refractivity contribution is 9.25. The Morgan fingerprint density at radius 1 is 1.43 bits per heavy atom. The second kappa shape index (κ2) is 4.29. The first kappa shape index (κ1) is 11.8. The molecular formula is C11H18Br2S. The van der Waals surface area contributed by atoms with Crippen LogP contribution in [0.5, 0.6) is 0 Å². The van der Waals surface area contributed by atoms with E-state index >= 15 is 0 Å². The van der Waals surface area contributed by atoms with Gasteiger partial charge in [-0.1, -0.05) is 51.6 Å². The van der Waals surface area contributed by atoms with E-state index in [2.05, 4.69) is 50.5 Å². The molecule has 0 nitrogen and oxygen atoms in total. The lowest BCUT2D eigenvalue weighted by Crippen LogP contribution is -2.34. The molecule has 0 N–H and O–H groups in total. The zero-order chi connectivity index (χ0) is 10.2. The van der Waals surface area contributed by atoms with Gasteiger partial charge in [0.15, 0.2) is 0 Å². The van der Waals surface area contributed by atoms with Gasteiger partial charge in [0.2, 0.25) is 0 Å². The minimum absolute atomic E-state index is 0.244. The molecule has 0 aromatic heterocycles. The van der Waals surface area contributed by atoms with Gasteiger partial charge in [-0.15, -0.1) is 0 Å². The fourth-order valence-corrected chi connectivity index (χ4v) is 6.56. The van der Waals surface area contributed by atoms with Gasteiger partial charge in [0.25, 0.3) is 0 Å². The Kier molecular flexibility index (Phi) is 3.61. The summed E-state index contributed by atoms with van der Waals surface area (Å²) in [5, 5.41) is 0. The molecule has 82 valence electrons. The number of rotatable bonds is 4. The van der Waals surface area contributed by atoms with Crippen molar-refractivity contribution in [3.63, 3.8) is 0 Å². The van der Waals surface area contributed by atoms with Crippen LogP contribution < -0.4 is 0 Å². The van der Waals surface area contributed by atoms with Gasteiger partial charge in [-0.3, -0.25) is 0 Å². The third-order valence-electron chi connectivity index (χ3n) is 3.57.